The van der Waals surface area contributed by atoms with Crippen LogP contribution in [-0.4, -0.2) is 42.8 Å². The number of rotatable bonds is 6. The van der Waals surface area contributed by atoms with Crippen LogP contribution < -0.4 is 0 Å². The summed E-state index contributed by atoms with van der Waals surface area (Å²) in [4.78, 5) is 34.8. The molecule has 154 valence electrons. The van der Waals surface area contributed by atoms with E-state index in [1.165, 1.54) is 26.3 Å². The minimum absolute atomic E-state index is 0.0130. The van der Waals surface area contributed by atoms with Crippen LogP contribution >= 0.6 is 15.9 Å². The molecule has 4 atom stereocenters. The Morgan fingerprint density at radius 1 is 1.00 bits per heavy atom. The van der Waals surface area contributed by atoms with E-state index in [1.54, 1.807) is 0 Å². The van der Waals surface area contributed by atoms with Crippen molar-refractivity contribution in [2.75, 3.05) is 6.61 Å². The average molecular weight is 457 g/mol. The van der Waals surface area contributed by atoms with E-state index in [1.807, 2.05) is 18.2 Å². The summed E-state index contributed by atoms with van der Waals surface area (Å²) in [5.41, 5.74) is 3.07. The first-order chi connectivity index (χ1) is 13.3. The van der Waals surface area contributed by atoms with Crippen molar-refractivity contribution < 1.29 is 33.3 Å². The number of benzene rings is 1. The van der Waals surface area contributed by atoms with Gasteiger partial charge in [-0.15, -0.1) is 0 Å². The zero-order valence-electron chi connectivity index (χ0n) is 16.4. The maximum Gasteiger partial charge on any atom is 0.303 e. The minimum Gasteiger partial charge on any atom is -0.456 e. The lowest BCUT2D eigenvalue weighted by molar-refractivity contribution is -0.227. The summed E-state index contributed by atoms with van der Waals surface area (Å²) < 4.78 is 22.0. The van der Waals surface area contributed by atoms with Gasteiger partial charge in [-0.2, -0.15) is 0 Å². The third kappa shape index (κ3) is 5.54. The Hall–Kier alpha value is -1.93. The van der Waals surface area contributed by atoms with E-state index in [4.69, 9.17) is 18.9 Å². The largest absolute Gasteiger partial charge is 0.456 e. The third-order valence-corrected chi connectivity index (χ3v) is 5.04. The zero-order chi connectivity index (χ0) is 20.8. The smallest absolute Gasteiger partial charge is 0.303 e. The summed E-state index contributed by atoms with van der Waals surface area (Å²) in [5.74, 6) is -1.66. The summed E-state index contributed by atoms with van der Waals surface area (Å²) in [7, 11) is 0. The van der Waals surface area contributed by atoms with Crippen molar-refractivity contribution in [3.8, 4) is 0 Å². The number of carbonyl (C=O) groups is 3. The molecule has 2 rings (SSSR count). The van der Waals surface area contributed by atoms with Crippen LogP contribution in [0.1, 0.15) is 50.5 Å². The van der Waals surface area contributed by atoms with Gasteiger partial charge in [0.1, 0.15) is 6.10 Å². The standard InChI is InChI=1S/C20H25BrO7/c1-5-14-6-7-15(8-16(14)9-21)18-20(28-13(4)24)19(27-12(3)23)17(10-25-18)26-11(2)22/h6-8,17-20H,5,9-10H2,1-4H3/t17-,18+,19+,20+/m1/s1. The van der Waals surface area contributed by atoms with Crippen LogP contribution in [0.4, 0.5) is 0 Å². The molecule has 0 amide bonds. The van der Waals surface area contributed by atoms with Crippen LogP contribution in [0.15, 0.2) is 18.2 Å². The van der Waals surface area contributed by atoms with Crippen LogP contribution in [0.5, 0.6) is 0 Å². The lowest BCUT2D eigenvalue weighted by Crippen LogP contribution is -2.54. The monoisotopic (exact) mass is 456 g/mol. The topological polar surface area (TPSA) is 88.1 Å². The molecule has 28 heavy (non-hydrogen) atoms. The molecule has 0 aliphatic carbocycles. The molecule has 0 bridgehead atoms. The van der Waals surface area contributed by atoms with Gasteiger partial charge < -0.3 is 18.9 Å². The lowest BCUT2D eigenvalue weighted by atomic mass is 9.91. The second-order valence-corrected chi connectivity index (χ2v) is 7.13. The maximum absolute atomic E-state index is 11.7. The van der Waals surface area contributed by atoms with E-state index in [-0.39, 0.29) is 6.61 Å². The van der Waals surface area contributed by atoms with E-state index >= 15 is 0 Å². The summed E-state index contributed by atoms with van der Waals surface area (Å²) in [6.07, 6.45) is -2.57. The molecule has 1 aliphatic heterocycles. The van der Waals surface area contributed by atoms with Crippen molar-refractivity contribution in [1.29, 1.82) is 0 Å². The maximum atomic E-state index is 11.7. The summed E-state index contributed by atoms with van der Waals surface area (Å²) >= 11 is 3.49. The highest BCUT2D eigenvalue weighted by molar-refractivity contribution is 9.08. The van der Waals surface area contributed by atoms with Crippen molar-refractivity contribution in [3.05, 3.63) is 34.9 Å². The highest BCUT2D eigenvalue weighted by atomic mass is 79.9. The average Bonchev–Trinajstić information content (AvgIpc) is 2.62. The molecule has 0 saturated carbocycles. The minimum atomic E-state index is -0.970. The predicted octanol–water partition coefficient (Wildman–Crippen LogP) is 3.01. The number of aryl methyl sites for hydroxylation is 1. The van der Waals surface area contributed by atoms with Gasteiger partial charge in [0.15, 0.2) is 18.3 Å². The Kier molecular flexibility index (Phi) is 8.00. The number of ether oxygens (including phenoxy) is 4. The van der Waals surface area contributed by atoms with Crippen molar-refractivity contribution in [1.82, 2.24) is 0 Å². The fraction of sp³-hybridized carbons (Fsp3) is 0.550. The third-order valence-electron chi connectivity index (χ3n) is 4.43. The Morgan fingerprint density at radius 2 is 1.61 bits per heavy atom. The molecule has 1 aliphatic rings. The summed E-state index contributed by atoms with van der Waals surface area (Å²) in [6, 6.07) is 5.88. The molecule has 1 aromatic carbocycles. The molecule has 0 N–H and O–H groups in total. The van der Waals surface area contributed by atoms with Gasteiger partial charge >= 0.3 is 17.9 Å². The summed E-state index contributed by atoms with van der Waals surface area (Å²) in [6.45, 7) is 5.85. The van der Waals surface area contributed by atoms with Crippen LogP contribution in [0, 0.1) is 0 Å². The number of halogens is 1. The van der Waals surface area contributed by atoms with Gasteiger partial charge in [0, 0.05) is 26.1 Å². The van der Waals surface area contributed by atoms with Crippen molar-refractivity contribution in [3.63, 3.8) is 0 Å². The molecule has 1 saturated heterocycles. The highest BCUT2D eigenvalue weighted by Crippen LogP contribution is 2.35. The molecule has 1 heterocycles. The zero-order valence-corrected chi connectivity index (χ0v) is 18.0. The van der Waals surface area contributed by atoms with E-state index in [0.29, 0.717) is 5.33 Å². The van der Waals surface area contributed by atoms with E-state index in [0.717, 1.165) is 17.5 Å². The number of carbonyl (C=O) groups excluding carboxylic acids is 3. The van der Waals surface area contributed by atoms with Crippen LogP contribution in [-0.2, 0) is 45.1 Å². The molecular formula is C20H25BrO7. The van der Waals surface area contributed by atoms with Gasteiger partial charge in [-0.25, -0.2) is 0 Å². The number of esters is 3. The van der Waals surface area contributed by atoms with Gasteiger partial charge in [0.05, 0.1) is 6.61 Å². The highest BCUT2D eigenvalue weighted by Gasteiger charge is 2.47. The second kappa shape index (κ2) is 10.0. The van der Waals surface area contributed by atoms with E-state index < -0.39 is 42.3 Å². The Balaban J connectivity index is 2.43. The van der Waals surface area contributed by atoms with Crippen LogP contribution in [0.2, 0.25) is 0 Å². The fourth-order valence-corrected chi connectivity index (χ4v) is 3.84. The van der Waals surface area contributed by atoms with Crippen molar-refractivity contribution in [2.45, 2.75) is 63.9 Å². The summed E-state index contributed by atoms with van der Waals surface area (Å²) in [5, 5.41) is 0.665. The first-order valence-corrected chi connectivity index (χ1v) is 10.2. The molecular weight excluding hydrogens is 432 g/mol. The van der Waals surface area contributed by atoms with Crippen molar-refractivity contribution in [2.24, 2.45) is 0 Å². The molecule has 1 fully saturated rings. The number of alkyl halides is 1. The first-order valence-electron chi connectivity index (χ1n) is 9.07. The Labute approximate surface area is 172 Å². The van der Waals surface area contributed by atoms with Gasteiger partial charge in [0.2, 0.25) is 0 Å². The SMILES string of the molecule is CCc1ccc([C@@H]2OC[C@@H](OC(C)=O)[C@H](OC(C)=O)[C@H]2OC(C)=O)cc1CBr. The molecule has 0 radical (unpaired) electrons. The fourth-order valence-electron chi connectivity index (χ4n) is 3.32. The molecule has 8 heteroatoms. The molecule has 0 aromatic heterocycles. The quantitative estimate of drug-likeness (QED) is 0.369. The molecule has 0 spiro atoms. The van der Waals surface area contributed by atoms with Gasteiger partial charge in [0.25, 0.3) is 0 Å². The second-order valence-electron chi connectivity index (χ2n) is 6.57. The molecule has 1 aromatic rings. The Bertz CT molecular complexity index is 733. The molecule has 0 unspecified atom stereocenters. The van der Waals surface area contributed by atoms with E-state index in [2.05, 4.69) is 22.9 Å². The van der Waals surface area contributed by atoms with Crippen LogP contribution in [0.25, 0.3) is 0 Å². The van der Waals surface area contributed by atoms with Crippen molar-refractivity contribution >= 4 is 33.8 Å². The van der Waals surface area contributed by atoms with Gasteiger partial charge in [-0.3, -0.25) is 14.4 Å². The van der Waals surface area contributed by atoms with Gasteiger partial charge in [-0.1, -0.05) is 41.1 Å². The lowest BCUT2D eigenvalue weighted by Gasteiger charge is -2.40. The Morgan fingerprint density at radius 3 is 2.14 bits per heavy atom. The normalized spacial score (nSPS) is 24.3. The number of hydrogen-bond acceptors (Lipinski definition) is 7. The van der Waals surface area contributed by atoms with Gasteiger partial charge in [-0.05, 0) is 23.1 Å². The first kappa shape index (κ1) is 22.4. The van der Waals surface area contributed by atoms with Crippen LogP contribution in [0.3, 0.4) is 0 Å². The predicted molar refractivity (Wildman–Crippen MR) is 104 cm³/mol. The molecule has 7 nitrogen and oxygen atoms in total. The number of hydrogen-bond donors (Lipinski definition) is 0. The van der Waals surface area contributed by atoms with E-state index in [9.17, 15) is 14.4 Å².